The number of hydrogen-bond donors (Lipinski definition) is 2. The zero-order valence-corrected chi connectivity index (χ0v) is 26.5. The number of carbonyl (C=O) groups excluding carboxylic acids is 2. The molecule has 1 unspecified atom stereocenters. The summed E-state index contributed by atoms with van der Waals surface area (Å²) in [6.45, 7) is 9.13. The van der Waals surface area contributed by atoms with E-state index in [0.717, 1.165) is 42.1 Å². The fourth-order valence-corrected chi connectivity index (χ4v) is 10.4. The number of methoxy groups -OCH3 is 2. The van der Waals surface area contributed by atoms with Gasteiger partial charge in [0.25, 0.3) is 0 Å². The van der Waals surface area contributed by atoms with Crippen LogP contribution < -0.4 is 24.9 Å². The number of fused-ring (bicyclic) bond motifs is 1. The van der Waals surface area contributed by atoms with E-state index >= 15 is 0 Å². The van der Waals surface area contributed by atoms with E-state index in [-0.39, 0.29) is 48.1 Å². The average molecular weight is 596 g/mol. The van der Waals surface area contributed by atoms with E-state index in [1.807, 2.05) is 40.1 Å². The minimum absolute atomic E-state index is 0.0108. The van der Waals surface area contributed by atoms with Gasteiger partial charge in [0, 0.05) is 55.9 Å². The fraction of sp³-hybridized carbons (Fsp3) is 0.562. The summed E-state index contributed by atoms with van der Waals surface area (Å²) >= 11 is 0. The quantitative estimate of drug-likeness (QED) is 0.430. The van der Waals surface area contributed by atoms with Gasteiger partial charge in [-0.3, -0.25) is 9.59 Å². The first-order chi connectivity index (χ1) is 20.2. The predicted octanol–water partition coefficient (Wildman–Crippen LogP) is 3.08. The van der Waals surface area contributed by atoms with Crippen molar-refractivity contribution in [3.63, 3.8) is 0 Å². The molecule has 0 aromatic heterocycles. The van der Waals surface area contributed by atoms with Crippen LogP contribution in [-0.2, 0) is 14.3 Å². The first-order valence-electron chi connectivity index (χ1n) is 15.1. The van der Waals surface area contributed by atoms with Gasteiger partial charge in [0.15, 0.2) is 0 Å². The highest BCUT2D eigenvalue weighted by molar-refractivity contribution is 6.91. The number of benzene rings is 2. The van der Waals surface area contributed by atoms with E-state index in [9.17, 15) is 14.7 Å². The Hall–Kier alpha value is -2.92. The zero-order valence-electron chi connectivity index (χ0n) is 25.5. The SMILES string of the molecule is COc1ccc([Si](C)(C)C(CC(=O)N2CCC[C@H]2CO)[C@H]2Oc3ccc(N4CCNCC4=O)cc3[C@@H](OC)[C@@H]2C)cc1. The molecule has 3 aliphatic heterocycles. The van der Waals surface area contributed by atoms with Gasteiger partial charge in [-0.15, -0.1) is 0 Å². The average Bonchev–Trinajstić information content (AvgIpc) is 3.49. The highest BCUT2D eigenvalue weighted by Crippen LogP contribution is 2.48. The molecule has 0 bridgehead atoms. The van der Waals surface area contributed by atoms with Crippen LogP contribution in [0.25, 0.3) is 0 Å². The smallest absolute Gasteiger partial charge is 0.240 e. The third kappa shape index (κ3) is 5.82. The normalized spacial score (nSPS) is 25.1. The van der Waals surface area contributed by atoms with Crippen LogP contribution in [0.5, 0.6) is 11.5 Å². The van der Waals surface area contributed by atoms with Crippen molar-refractivity contribution in [2.24, 2.45) is 5.92 Å². The maximum absolute atomic E-state index is 13.9. The number of rotatable bonds is 9. The van der Waals surface area contributed by atoms with Gasteiger partial charge in [-0.25, -0.2) is 0 Å². The molecule has 42 heavy (non-hydrogen) atoms. The van der Waals surface area contributed by atoms with Crippen molar-refractivity contribution in [3.8, 4) is 11.5 Å². The van der Waals surface area contributed by atoms with E-state index in [4.69, 9.17) is 14.2 Å². The number of anilines is 1. The van der Waals surface area contributed by atoms with Crippen LogP contribution in [-0.4, -0.2) is 89.0 Å². The third-order valence-electron chi connectivity index (χ3n) is 9.67. The van der Waals surface area contributed by atoms with Crippen LogP contribution in [0.4, 0.5) is 5.69 Å². The Morgan fingerprint density at radius 3 is 2.60 bits per heavy atom. The molecule has 5 rings (SSSR count). The second-order valence-electron chi connectivity index (χ2n) is 12.4. The van der Waals surface area contributed by atoms with Crippen LogP contribution in [0.1, 0.15) is 37.9 Å². The number of aliphatic hydroxyl groups excluding tert-OH is 1. The molecular formula is C32H45N3O6Si. The van der Waals surface area contributed by atoms with Gasteiger partial charge >= 0.3 is 0 Å². The summed E-state index contributed by atoms with van der Waals surface area (Å²) in [5.74, 6) is 1.61. The van der Waals surface area contributed by atoms with Crippen molar-refractivity contribution in [3.05, 3.63) is 48.0 Å². The van der Waals surface area contributed by atoms with E-state index in [1.165, 1.54) is 5.19 Å². The summed E-state index contributed by atoms with van der Waals surface area (Å²) in [4.78, 5) is 30.2. The maximum Gasteiger partial charge on any atom is 0.240 e. The summed E-state index contributed by atoms with van der Waals surface area (Å²) in [6.07, 6.45) is 1.56. The number of likely N-dealkylation sites (tertiary alicyclic amines) is 1. The number of piperazine rings is 1. The van der Waals surface area contributed by atoms with E-state index in [2.05, 4.69) is 37.5 Å². The molecule has 0 saturated carbocycles. The Morgan fingerprint density at radius 1 is 1.17 bits per heavy atom. The maximum atomic E-state index is 13.9. The monoisotopic (exact) mass is 595 g/mol. The molecule has 0 aliphatic carbocycles. The van der Waals surface area contributed by atoms with Crippen LogP contribution in [0.3, 0.4) is 0 Å². The number of nitrogens with zero attached hydrogens (tertiary/aromatic N) is 2. The molecule has 10 heteroatoms. The largest absolute Gasteiger partial charge is 0.497 e. The number of nitrogens with one attached hydrogen (secondary N) is 1. The standard InChI is InChI=1S/C32H45N3O6Si/c1-21-31(40-3)26-17-22(35-16-14-33-19-30(35)38)8-13-27(26)41-32(21)28(18-29(37)34-15-6-7-23(34)20-36)42(4,5)25-11-9-24(39-2)10-12-25/h8-13,17,21,23,28,31-33,36H,6-7,14-16,18-20H2,1-5H3/t21-,23-,28?,31-,32-/m0/s1. The first kappa shape index (κ1) is 30.5. The van der Waals surface area contributed by atoms with E-state index in [0.29, 0.717) is 26.1 Å². The summed E-state index contributed by atoms with van der Waals surface area (Å²) in [6, 6.07) is 14.0. The van der Waals surface area contributed by atoms with Crippen molar-refractivity contribution in [1.29, 1.82) is 0 Å². The molecule has 5 atom stereocenters. The molecule has 2 saturated heterocycles. The lowest BCUT2D eigenvalue weighted by Gasteiger charge is -2.46. The second kappa shape index (κ2) is 12.7. The van der Waals surface area contributed by atoms with E-state index in [1.54, 1.807) is 14.2 Å². The van der Waals surface area contributed by atoms with E-state index < -0.39 is 8.07 Å². The highest BCUT2D eigenvalue weighted by Gasteiger charge is 2.49. The Labute approximate surface area is 250 Å². The number of aliphatic hydroxyl groups is 1. The van der Waals surface area contributed by atoms with Gasteiger partial charge < -0.3 is 34.4 Å². The summed E-state index contributed by atoms with van der Waals surface area (Å²) in [5, 5.41) is 14.3. The van der Waals surface area contributed by atoms with Gasteiger partial charge in [0.05, 0.1) is 40.5 Å². The molecule has 0 radical (unpaired) electrons. The Bertz CT molecular complexity index is 1270. The lowest BCUT2D eigenvalue weighted by atomic mass is 9.86. The Balaban J connectivity index is 1.51. The Kier molecular flexibility index (Phi) is 9.27. The van der Waals surface area contributed by atoms with Crippen LogP contribution in [0.15, 0.2) is 42.5 Å². The van der Waals surface area contributed by atoms with Crippen molar-refractivity contribution in [1.82, 2.24) is 10.2 Å². The first-order valence-corrected chi connectivity index (χ1v) is 18.2. The molecule has 228 valence electrons. The molecule has 2 amide bonds. The van der Waals surface area contributed by atoms with Gasteiger partial charge in [-0.05, 0) is 43.2 Å². The molecule has 2 N–H and O–H groups in total. The number of amides is 2. The lowest BCUT2D eigenvalue weighted by molar-refractivity contribution is -0.133. The number of carbonyl (C=O) groups is 2. The molecule has 2 aromatic rings. The minimum Gasteiger partial charge on any atom is -0.497 e. The van der Waals surface area contributed by atoms with Gasteiger partial charge in [-0.2, -0.15) is 0 Å². The fourth-order valence-electron chi connectivity index (χ4n) is 7.09. The second-order valence-corrected chi connectivity index (χ2v) is 17.1. The lowest BCUT2D eigenvalue weighted by Crippen LogP contribution is -2.55. The number of hydrogen-bond acceptors (Lipinski definition) is 7. The van der Waals surface area contributed by atoms with Crippen LogP contribution in [0.2, 0.25) is 18.6 Å². The topological polar surface area (TPSA) is 101 Å². The molecule has 9 nitrogen and oxygen atoms in total. The third-order valence-corrected chi connectivity index (χ3v) is 13.9. The van der Waals surface area contributed by atoms with Crippen molar-refractivity contribution in [2.75, 3.05) is 51.9 Å². The molecule has 0 spiro atoms. The summed E-state index contributed by atoms with van der Waals surface area (Å²) in [5.41, 5.74) is 1.72. The molecular weight excluding hydrogens is 550 g/mol. The van der Waals surface area contributed by atoms with Crippen LogP contribution >= 0.6 is 0 Å². The van der Waals surface area contributed by atoms with Crippen molar-refractivity contribution < 1.29 is 28.9 Å². The summed E-state index contributed by atoms with van der Waals surface area (Å²) < 4.78 is 18.4. The van der Waals surface area contributed by atoms with Gasteiger partial charge in [-0.1, -0.05) is 37.3 Å². The van der Waals surface area contributed by atoms with Crippen LogP contribution in [0, 0.1) is 5.92 Å². The Morgan fingerprint density at radius 2 is 1.93 bits per heavy atom. The summed E-state index contributed by atoms with van der Waals surface area (Å²) in [7, 11) is 1.05. The molecule has 3 heterocycles. The van der Waals surface area contributed by atoms with Gasteiger partial charge in [0.2, 0.25) is 11.8 Å². The number of ether oxygens (including phenoxy) is 3. The molecule has 3 aliphatic rings. The minimum atomic E-state index is -2.34. The van der Waals surface area contributed by atoms with Gasteiger partial charge in [0.1, 0.15) is 17.6 Å². The molecule has 2 fully saturated rings. The zero-order chi connectivity index (χ0) is 30.0. The highest BCUT2D eigenvalue weighted by atomic mass is 28.3. The van der Waals surface area contributed by atoms with Crippen molar-refractivity contribution >= 4 is 30.8 Å². The predicted molar refractivity (Wildman–Crippen MR) is 165 cm³/mol. The van der Waals surface area contributed by atoms with Crippen molar-refractivity contribution in [2.45, 2.75) is 63.1 Å². The molecule has 2 aromatic carbocycles.